The van der Waals surface area contributed by atoms with E-state index in [0.717, 1.165) is 51.4 Å². The molecule has 3 saturated carbocycles. The maximum absolute atomic E-state index is 10.6. The van der Waals surface area contributed by atoms with E-state index in [0.29, 0.717) is 24.2 Å². The third-order valence-electron chi connectivity index (χ3n) is 6.29. The summed E-state index contributed by atoms with van der Waals surface area (Å²) in [6.07, 6.45) is 10.0. The van der Waals surface area contributed by atoms with Gasteiger partial charge < -0.3 is 15.3 Å². The van der Waals surface area contributed by atoms with Crippen LogP contribution in [0, 0.1) is 35.5 Å². The van der Waals surface area contributed by atoms with Crippen molar-refractivity contribution >= 4 is 5.97 Å². The summed E-state index contributed by atoms with van der Waals surface area (Å²) in [5, 5.41) is 28.9. The fourth-order valence-corrected chi connectivity index (χ4v) is 4.86. The maximum Gasteiger partial charge on any atom is 0.303 e. The molecule has 0 aromatic carbocycles. The minimum absolute atomic E-state index is 0.0592. The first-order valence-corrected chi connectivity index (χ1v) is 9.80. The zero-order chi connectivity index (χ0) is 17.8. The van der Waals surface area contributed by atoms with Crippen molar-refractivity contribution in [1.29, 1.82) is 0 Å². The van der Waals surface area contributed by atoms with E-state index in [4.69, 9.17) is 5.11 Å². The van der Waals surface area contributed by atoms with Crippen LogP contribution in [-0.4, -0.2) is 33.5 Å². The summed E-state index contributed by atoms with van der Waals surface area (Å²) < 4.78 is 0. The fourth-order valence-electron chi connectivity index (χ4n) is 4.86. The van der Waals surface area contributed by atoms with Gasteiger partial charge in [-0.05, 0) is 62.7 Å². The molecule has 0 amide bonds. The molecule has 6 atom stereocenters. The largest absolute Gasteiger partial charge is 0.481 e. The summed E-state index contributed by atoms with van der Waals surface area (Å²) in [5.41, 5.74) is 1.38. The fraction of sp³-hybridized carbons (Fsp3) is 0.762. The first-order chi connectivity index (χ1) is 12.0. The van der Waals surface area contributed by atoms with Crippen molar-refractivity contribution in [3.05, 3.63) is 11.6 Å². The number of rotatable bonds is 4. The van der Waals surface area contributed by atoms with Gasteiger partial charge in [0.05, 0.1) is 12.2 Å². The van der Waals surface area contributed by atoms with E-state index in [2.05, 4.69) is 17.9 Å². The molecule has 3 N–H and O–H groups in total. The number of aliphatic carboxylic acids is 1. The van der Waals surface area contributed by atoms with Gasteiger partial charge in [-0.25, -0.2) is 0 Å². The highest BCUT2D eigenvalue weighted by Gasteiger charge is 2.46. The molecule has 3 aliphatic carbocycles. The van der Waals surface area contributed by atoms with Gasteiger partial charge >= 0.3 is 5.97 Å². The topological polar surface area (TPSA) is 77.8 Å². The van der Waals surface area contributed by atoms with Crippen LogP contribution < -0.4 is 0 Å². The molecule has 25 heavy (non-hydrogen) atoms. The van der Waals surface area contributed by atoms with Crippen molar-refractivity contribution in [1.82, 2.24) is 0 Å². The molecule has 0 aromatic rings. The standard InChI is InChI=1S/C21H30O4/c22-16-7-1-4-14(12-16)5-2-8-18-19-13-15(6-3-9-21(24)25)17(19)10-11-20(18)23/h6,14,16-20,22-23H,1,3-5,7,9-13H2,(H,24,25)/b15-6-/t14?,16?,17-,18-,19+,20-/m1/s1. The van der Waals surface area contributed by atoms with Crippen molar-refractivity contribution in [2.45, 2.75) is 76.4 Å². The predicted octanol–water partition coefficient (Wildman–Crippen LogP) is 3.13. The summed E-state index contributed by atoms with van der Waals surface area (Å²) in [7, 11) is 0. The molecule has 4 heteroatoms. The van der Waals surface area contributed by atoms with Crippen LogP contribution in [0.15, 0.2) is 11.6 Å². The molecule has 0 bridgehead atoms. The molecule has 4 nitrogen and oxygen atoms in total. The summed E-state index contributed by atoms with van der Waals surface area (Å²) in [6, 6.07) is 0. The lowest BCUT2D eigenvalue weighted by Gasteiger charge is -2.48. The minimum atomic E-state index is -0.747. The lowest BCUT2D eigenvalue weighted by Crippen LogP contribution is -2.44. The molecule has 138 valence electrons. The molecule has 0 aliphatic heterocycles. The zero-order valence-electron chi connectivity index (χ0n) is 14.9. The van der Waals surface area contributed by atoms with E-state index in [9.17, 15) is 15.0 Å². The highest BCUT2D eigenvalue weighted by Crippen LogP contribution is 2.51. The van der Waals surface area contributed by atoms with Gasteiger partial charge in [-0.3, -0.25) is 4.79 Å². The average molecular weight is 346 g/mol. The van der Waals surface area contributed by atoms with Crippen LogP contribution >= 0.6 is 0 Å². The number of hydrogen-bond acceptors (Lipinski definition) is 3. The number of carbonyl (C=O) groups is 1. The summed E-state index contributed by atoms with van der Waals surface area (Å²) >= 11 is 0. The van der Waals surface area contributed by atoms with Crippen LogP contribution in [0.5, 0.6) is 0 Å². The number of aliphatic hydroxyl groups is 2. The van der Waals surface area contributed by atoms with Crippen molar-refractivity contribution in [3.8, 4) is 11.8 Å². The third kappa shape index (κ3) is 4.65. The molecule has 0 aromatic heterocycles. The number of fused-ring (bicyclic) bond motifs is 1. The van der Waals surface area contributed by atoms with Gasteiger partial charge in [-0.1, -0.05) is 24.0 Å². The number of carboxylic acids is 1. The monoisotopic (exact) mass is 346 g/mol. The first kappa shape index (κ1) is 18.5. The minimum Gasteiger partial charge on any atom is -0.481 e. The molecule has 0 heterocycles. The molecule has 3 fully saturated rings. The molecular formula is C21H30O4. The van der Waals surface area contributed by atoms with Gasteiger partial charge in [0, 0.05) is 18.8 Å². The Kier molecular flexibility index (Phi) is 6.19. The van der Waals surface area contributed by atoms with Crippen molar-refractivity contribution in [2.75, 3.05) is 0 Å². The van der Waals surface area contributed by atoms with E-state index in [-0.39, 0.29) is 24.5 Å². The van der Waals surface area contributed by atoms with Crippen LogP contribution in [0.3, 0.4) is 0 Å². The molecule has 0 spiro atoms. The van der Waals surface area contributed by atoms with Crippen molar-refractivity contribution in [3.63, 3.8) is 0 Å². The van der Waals surface area contributed by atoms with Crippen molar-refractivity contribution < 1.29 is 20.1 Å². The second-order valence-corrected chi connectivity index (χ2v) is 8.07. The Bertz CT molecular complexity index is 570. The molecule has 3 aliphatic rings. The Morgan fingerprint density at radius 2 is 2.04 bits per heavy atom. The Balaban J connectivity index is 1.53. The van der Waals surface area contributed by atoms with E-state index >= 15 is 0 Å². The molecule has 3 rings (SSSR count). The zero-order valence-corrected chi connectivity index (χ0v) is 14.9. The molecule has 0 radical (unpaired) electrons. The number of allylic oxidation sites excluding steroid dienone is 2. The average Bonchev–Trinajstić information content (AvgIpc) is 2.54. The Morgan fingerprint density at radius 1 is 1.20 bits per heavy atom. The van der Waals surface area contributed by atoms with Crippen LogP contribution in [0.2, 0.25) is 0 Å². The van der Waals surface area contributed by atoms with Gasteiger partial charge in [0.2, 0.25) is 0 Å². The van der Waals surface area contributed by atoms with Gasteiger partial charge in [-0.15, -0.1) is 5.92 Å². The highest BCUT2D eigenvalue weighted by atomic mass is 16.4. The second-order valence-electron chi connectivity index (χ2n) is 8.07. The van der Waals surface area contributed by atoms with E-state index in [1.54, 1.807) is 0 Å². The van der Waals surface area contributed by atoms with Gasteiger partial charge in [0.1, 0.15) is 0 Å². The summed E-state index contributed by atoms with van der Waals surface area (Å²) in [5.74, 6) is 7.41. The number of hydrogen-bond donors (Lipinski definition) is 3. The quantitative estimate of drug-likeness (QED) is 0.540. The van der Waals surface area contributed by atoms with E-state index in [1.165, 1.54) is 5.57 Å². The van der Waals surface area contributed by atoms with Crippen LogP contribution in [0.1, 0.15) is 64.2 Å². The van der Waals surface area contributed by atoms with Gasteiger partial charge in [0.25, 0.3) is 0 Å². The van der Waals surface area contributed by atoms with E-state index in [1.807, 2.05) is 0 Å². The molecular weight excluding hydrogens is 316 g/mol. The maximum atomic E-state index is 10.6. The Labute approximate surface area is 150 Å². The normalized spacial score (nSPS) is 39.0. The number of carboxylic acid groups (broad SMARTS) is 1. The lowest BCUT2D eigenvalue weighted by molar-refractivity contribution is -0.136. The molecule has 0 saturated heterocycles. The smallest absolute Gasteiger partial charge is 0.303 e. The SMILES string of the molecule is O=C(O)CC/C=C1/C[C@@H]2[C@@H](C#CCC3CCCC(O)C3)[C@H](O)CC[C@H]12. The highest BCUT2D eigenvalue weighted by molar-refractivity contribution is 5.66. The van der Waals surface area contributed by atoms with Gasteiger partial charge in [0.15, 0.2) is 0 Å². The van der Waals surface area contributed by atoms with E-state index < -0.39 is 5.97 Å². The third-order valence-corrected chi connectivity index (χ3v) is 6.29. The second kappa shape index (κ2) is 8.38. The Morgan fingerprint density at radius 3 is 2.80 bits per heavy atom. The van der Waals surface area contributed by atoms with Crippen LogP contribution in [-0.2, 0) is 4.79 Å². The van der Waals surface area contributed by atoms with Crippen LogP contribution in [0.4, 0.5) is 0 Å². The van der Waals surface area contributed by atoms with Gasteiger partial charge in [-0.2, -0.15) is 0 Å². The van der Waals surface area contributed by atoms with Crippen LogP contribution in [0.25, 0.3) is 0 Å². The summed E-state index contributed by atoms with van der Waals surface area (Å²) in [4.78, 5) is 10.6. The van der Waals surface area contributed by atoms with Crippen molar-refractivity contribution in [2.24, 2.45) is 23.7 Å². The Hall–Kier alpha value is -1.31. The predicted molar refractivity (Wildman–Crippen MR) is 95.6 cm³/mol. The lowest BCUT2D eigenvalue weighted by atomic mass is 9.57. The summed E-state index contributed by atoms with van der Waals surface area (Å²) in [6.45, 7) is 0. The first-order valence-electron chi connectivity index (χ1n) is 9.80. The number of aliphatic hydroxyl groups excluding tert-OH is 2. The molecule has 2 unspecified atom stereocenters.